The molecule has 2 aliphatic rings. The van der Waals surface area contributed by atoms with Crippen molar-refractivity contribution >= 4 is 0 Å². The summed E-state index contributed by atoms with van der Waals surface area (Å²) in [5.41, 5.74) is 0. The first-order chi connectivity index (χ1) is 7.92. The Morgan fingerprint density at radius 3 is 2.75 bits per heavy atom. The zero-order chi connectivity index (χ0) is 10.8. The lowest BCUT2D eigenvalue weighted by atomic mass is 9.97. The lowest BCUT2D eigenvalue weighted by Crippen LogP contribution is -2.50. The number of likely N-dealkylation sites (tertiary alicyclic amines) is 1. The van der Waals surface area contributed by atoms with Crippen LogP contribution in [0, 0.1) is 5.92 Å². The SMILES string of the molecule is c1cnn(C2CN(CC3CCOCC3)C2)c1. The summed E-state index contributed by atoms with van der Waals surface area (Å²) in [5, 5.41) is 4.29. The van der Waals surface area contributed by atoms with Crippen LogP contribution in [0.15, 0.2) is 18.5 Å². The Hall–Kier alpha value is -0.870. The van der Waals surface area contributed by atoms with Crippen molar-refractivity contribution < 1.29 is 4.74 Å². The van der Waals surface area contributed by atoms with Crippen LogP contribution in [0.4, 0.5) is 0 Å². The molecule has 0 aromatic carbocycles. The van der Waals surface area contributed by atoms with E-state index in [2.05, 4.69) is 20.9 Å². The van der Waals surface area contributed by atoms with E-state index in [0.717, 1.165) is 19.1 Å². The summed E-state index contributed by atoms with van der Waals surface area (Å²) in [4.78, 5) is 2.54. The second-order valence-electron chi connectivity index (χ2n) is 4.91. The molecule has 4 nitrogen and oxygen atoms in total. The Bertz CT molecular complexity index is 313. The molecule has 0 unspecified atom stereocenters. The molecule has 1 aromatic heterocycles. The van der Waals surface area contributed by atoms with Crippen molar-refractivity contribution in [2.45, 2.75) is 18.9 Å². The third-order valence-corrected chi connectivity index (χ3v) is 3.69. The van der Waals surface area contributed by atoms with E-state index in [1.807, 2.05) is 12.3 Å². The van der Waals surface area contributed by atoms with E-state index in [1.165, 1.54) is 32.5 Å². The van der Waals surface area contributed by atoms with E-state index in [9.17, 15) is 0 Å². The second kappa shape index (κ2) is 4.55. The summed E-state index contributed by atoms with van der Waals surface area (Å²) in [7, 11) is 0. The topological polar surface area (TPSA) is 30.3 Å². The summed E-state index contributed by atoms with van der Waals surface area (Å²) >= 11 is 0. The Balaban J connectivity index is 1.43. The van der Waals surface area contributed by atoms with Crippen LogP contribution in [0.3, 0.4) is 0 Å². The second-order valence-corrected chi connectivity index (χ2v) is 4.91. The molecular formula is C12H19N3O. The molecule has 0 amide bonds. The van der Waals surface area contributed by atoms with Crippen molar-refractivity contribution in [3.63, 3.8) is 0 Å². The van der Waals surface area contributed by atoms with Gasteiger partial charge in [-0.1, -0.05) is 0 Å². The molecule has 4 heteroatoms. The van der Waals surface area contributed by atoms with E-state index in [4.69, 9.17) is 4.74 Å². The number of hydrogen-bond donors (Lipinski definition) is 0. The minimum absolute atomic E-state index is 0.606. The first kappa shape index (κ1) is 10.3. The molecule has 2 fully saturated rings. The lowest BCUT2D eigenvalue weighted by Gasteiger charge is -2.41. The predicted molar refractivity (Wildman–Crippen MR) is 61.2 cm³/mol. The molecule has 0 bridgehead atoms. The first-order valence-electron chi connectivity index (χ1n) is 6.21. The van der Waals surface area contributed by atoms with Crippen LogP contribution in [0.1, 0.15) is 18.9 Å². The fraction of sp³-hybridized carbons (Fsp3) is 0.750. The largest absolute Gasteiger partial charge is 0.381 e. The summed E-state index contributed by atoms with van der Waals surface area (Å²) in [6.07, 6.45) is 6.41. The van der Waals surface area contributed by atoms with Gasteiger partial charge in [0.05, 0.1) is 6.04 Å². The number of hydrogen-bond acceptors (Lipinski definition) is 3. The summed E-state index contributed by atoms with van der Waals surface area (Å²) in [6, 6.07) is 2.61. The number of nitrogens with zero attached hydrogens (tertiary/aromatic N) is 3. The molecule has 0 N–H and O–H groups in total. The monoisotopic (exact) mass is 221 g/mol. The molecule has 0 atom stereocenters. The van der Waals surface area contributed by atoms with E-state index in [-0.39, 0.29) is 0 Å². The maximum Gasteiger partial charge on any atom is 0.0772 e. The molecule has 0 saturated carbocycles. The van der Waals surface area contributed by atoms with Gasteiger partial charge in [-0.2, -0.15) is 5.10 Å². The van der Waals surface area contributed by atoms with Crippen molar-refractivity contribution in [3.05, 3.63) is 18.5 Å². The standard InChI is InChI=1S/C12H19N3O/c1-4-13-15(5-1)12-9-14(10-12)8-11-2-6-16-7-3-11/h1,4-5,11-12H,2-3,6-10H2. The van der Waals surface area contributed by atoms with Crippen LogP contribution in [0.25, 0.3) is 0 Å². The van der Waals surface area contributed by atoms with Crippen LogP contribution in [-0.2, 0) is 4.74 Å². The normalized spacial score (nSPS) is 24.5. The average Bonchev–Trinajstić information content (AvgIpc) is 2.77. The summed E-state index contributed by atoms with van der Waals surface area (Å²) < 4.78 is 7.46. The third-order valence-electron chi connectivity index (χ3n) is 3.69. The van der Waals surface area contributed by atoms with E-state index in [1.54, 1.807) is 0 Å². The fourth-order valence-corrected chi connectivity index (χ4v) is 2.65. The van der Waals surface area contributed by atoms with E-state index < -0.39 is 0 Å². The smallest absolute Gasteiger partial charge is 0.0772 e. The van der Waals surface area contributed by atoms with Gasteiger partial charge in [0.15, 0.2) is 0 Å². The number of aromatic nitrogens is 2. The van der Waals surface area contributed by atoms with Gasteiger partial charge in [-0.25, -0.2) is 0 Å². The van der Waals surface area contributed by atoms with Crippen LogP contribution in [0.2, 0.25) is 0 Å². The highest BCUT2D eigenvalue weighted by Gasteiger charge is 2.30. The Morgan fingerprint density at radius 2 is 2.06 bits per heavy atom. The van der Waals surface area contributed by atoms with Crippen LogP contribution in [0.5, 0.6) is 0 Å². The van der Waals surface area contributed by atoms with Gasteiger partial charge in [-0.15, -0.1) is 0 Å². The molecule has 0 aliphatic carbocycles. The van der Waals surface area contributed by atoms with Crippen molar-refractivity contribution in [1.29, 1.82) is 0 Å². The zero-order valence-corrected chi connectivity index (χ0v) is 9.59. The summed E-state index contributed by atoms with van der Waals surface area (Å²) in [5.74, 6) is 0.854. The van der Waals surface area contributed by atoms with Gasteiger partial charge in [-0.3, -0.25) is 9.58 Å². The highest BCUT2D eigenvalue weighted by Crippen LogP contribution is 2.24. The fourth-order valence-electron chi connectivity index (χ4n) is 2.65. The van der Waals surface area contributed by atoms with Crippen molar-refractivity contribution in [2.24, 2.45) is 5.92 Å². The van der Waals surface area contributed by atoms with Gasteiger partial charge >= 0.3 is 0 Å². The zero-order valence-electron chi connectivity index (χ0n) is 9.59. The van der Waals surface area contributed by atoms with Crippen LogP contribution >= 0.6 is 0 Å². The highest BCUT2D eigenvalue weighted by molar-refractivity contribution is 4.90. The summed E-state index contributed by atoms with van der Waals surface area (Å²) in [6.45, 7) is 5.50. The average molecular weight is 221 g/mol. The minimum atomic E-state index is 0.606. The van der Waals surface area contributed by atoms with Crippen molar-refractivity contribution in [1.82, 2.24) is 14.7 Å². The van der Waals surface area contributed by atoms with Gasteiger partial charge in [0.2, 0.25) is 0 Å². The molecule has 3 heterocycles. The lowest BCUT2D eigenvalue weighted by molar-refractivity contribution is 0.0257. The van der Waals surface area contributed by atoms with Gasteiger partial charge < -0.3 is 4.74 Å². The predicted octanol–water partition coefficient (Wildman–Crippen LogP) is 1.17. The minimum Gasteiger partial charge on any atom is -0.381 e. The first-order valence-corrected chi connectivity index (χ1v) is 6.21. The Labute approximate surface area is 96.2 Å². The maximum atomic E-state index is 5.38. The van der Waals surface area contributed by atoms with Gasteiger partial charge in [0.25, 0.3) is 0 Å². The van der Waals surface area contributed by atoms with Crippen molar-refractivity contribution in [2.75, 3.05) is 32.8 Å². The molecule has 2 saturated heterocycles. The number of ether oxygens (including phenoxy) is 1. The van der Waals surface area contributed by atoms with Gasteiger partial charge in [-0.05, 0) is 24.8 Å². The van der Waals surface area contributed by atoms with Gasteiger partial charge in [0.1, 0.15) is 0 Å². The molecule has 16 heavy (non-hydrogen) atoms. The van der Waals surface area contributed by atoms with Gasteiger partial charge in [0, 0.05) is 45.2 Å². The molecule has 3 rings (SSSR count). The number of rotatable bonds is 3. The quantitative estimate of drug-likeness (QED) is 0.767. The Morgan fingerprint density at radius 1 is 1.25 bits per heavy atom. The van der Waals surface area contributed by atoms with Crippen LogP contribution in [-0.4, -0.2) is 47.5 Å². The third kappa shape index (κ3) is 2.13. The molecule has 0 radical (unpaired) electrons. The highest BCUT2D eigenvalue weighted by atomic mass is 16.5. The Kier molecular flexibility index (Phi) is 2.93. The molecule has 2 aliphatic heterocycles. The van der Waals surface area contributed by atoms with E-state index >= 15 is 0 Å². The molecule has 0 spiro atoms. The molecule has 88 valence electrons. The molecular weight excluding hydrogens is 202 g/mol. The molecule has 1 aromatic rings. The van der Waals surface area contributed by atoms with Crippen molar-refractivity contribution in [3.8, 4) is 0 Å². The van der Waals surface area contributed by atoms with E-state index in [0.29, 0.717) is 6.04 Å². The van der Waals surface area contributed by atoms with Crippen LogP contribution < -0.4 is 0 Å². The maximum absolute atomic E-state index is 5.38.